The first-order chi connectivity index (χ1) is 18.6. The highest BCUT2D eigenvalue weighted by Crippen LogP contribution is 2.22. The number of hydrogen-bond acceptors (Lipinski definition) is 6. The smallest absolute Gasteiger partial charge is 0.285 e. The Hall–Kier alpha value is -4.18. The number of nitrogens with zero attached hydrogens (tertiary/aromatic N) is 3. The molecule has 0 atom stereocenters. The fraction of sp³-hybridized carbons (Fsp3) is 0.207. The molecule has 0 radical (unpaired) electrons. The molecule has 0 saturated heterocycles. The zero-order valence-corrected chi connectivity index (χ0v) is 22.6. The predicted molar refractivity (Wildman–Crippen MR) is 153 cm³/mol. The third kappa shape index (κ3) is 6.64. The molecule has 0 aliphatic rings. The molecular weight excluding hydrogens is 520 g/mol. The minimum Gasteiger partial charge on any atom is -0.491 e. The van der Waals surface area contributed by atoms with Crippen LogP contribution >= 0.6 is 11.6 Å². The van der Waals surface area contributed by atoms with Gasteiger partial charge in [0.2, 0.25) is 5.43 Å². The van der Waals surface area contributed by atoms with Crippen LogP contribution in [0.15, 0.2) is 82.4 Å². The third-order valence-electron chi connectivity index (χ3n) is 5.89. The van der Waals surface area contributed by atoms with E-state index in [2.05, 4.69) is 31.2 Å². The molecule has 10 heteroatoms. The monoisotopic (exact) mass is 549 g/mol. The molecule has 0 fully saturated rings. The molecule has 2 heterocycles. The average molecular weight is 550 g/mol. The number of aliphatic hydroxyl groups excluding tert-OH is 1. The number of aliphatic hydroxyl groups is 1. The van der Waals surface area contributed by atoms with Crippen molar-refractivity contribution < 1.29 is 19.4 Å². The molecule has 0 unspecified atom stereocenters. The number of ether oxygens (including phenoxy) is 1. The van der Waals surface area contributed by atoms with Crippen LogP contribution in [-0.2, 0) is 6.61 Å². The fourth-order valence-corrected chi connectivity index (χ4v) is 4.00. The minimum atomic E-state index is -0.645. The maximum Gasteiger partial charge on any atom is 0.285 e. The van der Waals surface area contributed by atoms with Crippen molar-refractivity contribution in [3.8, 4) is 17.3 Å². The number of hydrogen-bond donors (Lipinski definition) is 3. The number of halogens is 1. The molecule has 3 N–H and O–H groups in total. The van der Waals surface area contributed by atoms with E-state index in [1.807, 2.05) is 30.3 Å². The van der Waals surface area contributed by atoms with Gasteiger partial charge in [0.25, 0.3) is 11.4 Å². The van der Waals surface area contributed by atoms with E-state index >= 15 is 0 Å². The molecule has 0 amide bonds. The summed E-state index contributed by atoms with van der Waals surface area (Å²) in [6.45, 7) is 1.52. The Kier molecular flexibility index (Phi) is 8.35. The molecule has 9 nitrogen and oxygen atoms in total. The molecule has 0 saturated carbocycles. The number of H-pyrrole nitrogens is 1. The van der Waals surface area contributed by atoms with Crippen molar-refractivity contribution in [2.45, 2.75) is 6.61 Å². The summed E-state index contributed by atoms with van der Waals surface area (Å²) in [6.07, 6.45) is 0. The van der Waals surface area contributed by atoms with Gasteiger partial charge in [0.15, 0.2) is 0 Å². The fourth-order valence-electron chi connectivity index (χ4n) is 3.83. The van der Waals surface area contributed by atoms with Gasteiger partial charge in [-0.25, -0.2) is 0 Å². The zero-order chi connectivity index (χ0) is 28.2. The van der Waals surface area contributed by atoms with Crippen molar-refractivity contribution in [2.75, 3.05) is 34.3 Å². The molecule has 3 aromatic carbocycles. The summed E-state index contributed by atoms with van der Waals surface area (Å²) in [7, 11) is 6.16. The lowest BCUT2D eigenvalue weighted by Crippen LogP contribution is -2.36. The molecule has 202 valence electrons. The quantitative estimate of drug-likeness (QED) is 0.219. The highest BCUT2D eigenvalue weighted by atomic mass is 35.5. The molecule has 2 aromatic heterocycles. The molecular formula is C29H30ClN4O5+. The number of aromatic nitrogens is 3. The van der Waals surface area contributed by atoms with Crippen molar-refractivity contribution in [2.24, 2.45) is 0 Å². The van der Waals surface area contributed by atoms with Gasteiger partial charge in [0.1, 0.15) is 29.8 Å². The number of aromatic amines is 1. The van der Waals surface area contributed by atoms with Gasteiger partial charge in [-0.15, -0.1) is 5.10 Å². The number of benzene rings is 3. The number of likely N-dealkylation sites (N-methyl/N-ethyl adjacent to an activating group) is 1. The van der Waals surface area contributed by atoms with Crippen LogP contribution in [0.4, 0.5) is 0 Å². The lowest BCUT2D eigenvalue weighted by atomic mass is 10.1. The summed E-state index contributed by atoms with van der Waals surface area (Å²) in [5.41, 5.74) is 0.632. The normalized spacial score (nSPS) is 11.3. The number of rotatable bonds is 6. The number of quaternary nitrogens is 1. The van der Waals surface area contributed by atoms with Gasteiger partial charge in [-0.05, 0) is 48.0 Å². The van der Waals surface area contributed by atoms with E-state index in [9.17, 15) is 14.7 Å². The standard InChI is InChI=1S/C24H16ClN3O4.C5H14NO/c25-15-6-11-18-19(12-15)26-21-20(22(18)29)24(31)28(27-23(21)30)16-7-9-17(10-8-16)32-13-14-4-2-1-3-5-14;1-6(2,3)4-5-7/h1-12H,13H2,(H,26,29)(H,27,30);7H,4-5H2,1-3H3/q;+1. The van der Waals surface area contributed by atoms with E-state index in [4.69, 9.17) is 21.4 Å². The van der Waals surface area contributed by atoms with Crippen molar-refractivity contribution in [1.82, 2.24) is 14.8 Å². The second kappa shape index (κ2) is 11.7. The first kappa shape index (κ1) is 27.8. The highest BCUT2D eigenvalue weighted by molar-refractivity contribution is 6.31. The first-order valence-electron chi connectivity index (χ1n) is 12.2. The topological polar surface area (TPSA) is 117 Å². The van der Waals surface area contributed by atoms with Gasteiger partial charge in [-0.3, -0.25) is 9.59 Å². The van der Waals surface area contributed by atoms with Crippen LogP contribution in [-0.4, -0.2) is 63.8 Å². The molecule has 5 aromatic rings. The average Bonchev–Trinajstić information content (AvgIpc) is 2.90. The molecule has 0 bridgehead atoms. The van der Waals surface area contributed by atoms with E-state index < -0.39 is 16.9 Å². The Balaban J connectivity index is 0.000000448. The molecule has 39 heavy (non-hydrogen) atoms. The van der Waals surface area contributed by atoms with Gasteiger partial charge >= 0.3 is 0 Å². The van der Waals surface area contributed by atoms with Gasteiger partial charge in [-0.2, -0.15) is 4.68 Å². The lowest BCUT2D eigenvalue weighted by Gasteiger charge is -2.21. The maximum absolute atomic E-state index is 13.1. The molecule has 0 aliphatic carbocycles. The number of nitrogens with one attached hydrogen (secondary N) is 1. The van der Waals surface area contributed by atoms with E-state index in [1.54, 1.807) is 36.4 Å². The van der Waals surface area contributed by atoms with Crippen molar-refractivity contribution in [1.29, 1.82) is 0 Å². The Morgan fingerprint density at radius 1 is 1.00 bits per heavy atom. The summed E-state index contributed by atoms with van der Waals surface area (Å²) in [5, 5.41) is 23.4. The van der Waals surface area contributed by atoms with E-state index in [0.717, 1.165) is 21.3 Å². The Bertz CT molecular complexity index is 1710. The minimum absolute atomic E-state index is 0.0335. The van der Waals surface area contributed by atoms with Gasteiger partial charge in [0.05, 0.1) is 39.0 Å². The SMILES string of the molecule is C[N+](C)(C)CCO.O=c1c2ccc(Cl)cc2[nH]c2c(O)nn(-c3ccc(OCc4ccccc4)cc3)c(=O)c12. The zero-order valence-electron chi connectivity index (χ0n) is 21.9. The summed E-state index contributed by atoms with van der Waals surface area (Å²) in [5.74, 6) is 0.138. The molecule has 0 aliphatic heterocycles. The van der Waals surface area contributed by atoms with Crippen LogP contribution in [0, 0.1) is 0 Å². The van der Waals surface area contributed by atoms with Crippen molar-refractivity contribution >= 4 is 33.4 Å². The van der Waals surface area contributed by atoms with Crippen molar-refractivity contribution in [3.63, 3.8) is 0 Å². The highest BCUT2D eigenvalue weighted by Gasteiger charge is 2.17. The number of pyridine rings is 1. The van der Waals surface area contributed by atoms with Crippen LogP contribution in [0.3, 0.4) is 0 Å². The lowest BCUT2D eigenvalue weighted by molar-refractivity contribution is -0.870. The Morgan fingerprint density at radius 2 is 1.69 bits per heavy atom. The summed E-state index contributed by atoms with van der Waals surface area (Å²) >= 11 is 5.99. The van der Waals surface area contributed by atoms with E-state index in [-0.39, 0.29) is 17.5 Å². The van der Waals surface area contributed by atoms with Crippen LogP contribution in [0.2, 0.25) is 5.02 Å². The number of aromatic hydroxyl groups is 1. The largest absolute Gasteiger partial charge is 0.491 e. The predicted octanol–water partition coefficient (Wildman–Crippen LogP) is 3.85. The van der Waals surface area contributed by atoms with Gasteiger partial charge < -0.3 is 24.4 Å². The van der Waals surface area contributed by atoms with Gasteiger partial charge in [-0.1, -0.05) is 41.9 Å². The first-order valence-corrected chi connectivity index (χ1v) is 12.6. The van der Waals surface area contributed by atoms with E-state index in [1.165, 1.54) is 6.07 Å². The second-order valence-electron chi connectivity index (χ2n) is 9.94. The Labute approximate surface area is 229 Å². The summed E-state index contributed by atoms with van der Waals surface area (Å²) < 4.78 is 7.60. The molecule has 5 rings (SSSR count). The van der Waals surface area contributed by atoms with Crippen LogP contribution < -0.4 is 15.7 Å². The van der Waals surface area contributed by atoms with E-state index in [0.29, 0.717) is 34.0 Å². The number of fused-ring (bicyclic) bond motifs is 2. The maximum atomic E-state index is 13.1. The summed E-state index contributed by atoms with van der Waals surface area (Å²) in [4.78, 5) is 29.0. The van der Waals surface area contributed by atoms with Crippen LogP contribution in [0.5, 0.6) is 11.6 Å². The molecule has 0 spiro atoms. The van der Waals surface area contributed by atoms with Crippen molar-refractivity contribution in [3.05, 3.63) is 104 Å². The van der Waals surface area contributed by atoms with Crippen LogP contribution in [0.25, 0.3) is 27.5 Å². The third-order valence-corrected chi connectivity index (χ3v) is 6.12. The van der Waals surface area contributed by atoms with Crippen LogP contribution in [0.1, 0.15) is 5.56 Å². The van der Waals surface area contributed by atoms with Gasteiger partial charge in [0, 0.05) is 10.4 Å². The second-order valence-corrected chi connectivity index (χ2v) is 10.4. The Morgan fingerprint density at radius 3 is 2.31 bits per heavy atom. The summed E-state index contributed by atoms with van der Waals surface area (Å²) in [6, 6.07) is 21.0.